The fraction of sp³-hybridized carbons (Fsp3) is 0.385. The monoisotopic (exact) mass is 297 g/mol. The summed E-state index contributed by atoms with van der Waals surface area (Å²) in [6.45, 7) is 5.01. The van der Waals surface area contributed by atoms with E-state index in [-0.39, 0.29) is 6.54 Å². The van der Waals surface area contributed by atoms with Gasteiger partial charge in [-0.2, -0.15) is 5.10 Å². The van der Waals surface area contributed by atoms with Crippen LogP contribution in [0.25, 0.3) is 0 Å². The lowest BCUT2D eigenvalue weighted by atomic mass is 10.2. The number of nitrogens with zero attached hydrogens (tertiary/aromatic N) is 2. The fourth-order valence-electron chi connectivity index (χ4n) is 1.52. The van der Waals surface area contributed by atoms with Crippen LogP contribution in [0.1, 0.15) is 19.4 Å². The number of amides is 1. The highest BCUT2D eigenvalue weighted by Crippen LogP contribution is 2.18. The van der Waals surface area contributed by atoms with Crippen LogP contribution in [-0.4, -0.2) is 32.8 Å². The van der Waals surface area contributed by atoms with Crippen LogP contribution in [-0.2, 0) is 14.8 Å². The molecule has 0 fully saturated rings. The summed E-state index contributed by atoms with van der Waals surface area (Å²) in [5.74, 6) is -0.488. The highest BCUT2D eigenvalue weighted by atomic mass is 32.2. The zero-order valence-corrected chi connectivity index (χ0v) is 12.9. The van der Waals surface area contributed by atoms with Gasteiger partial charge in [-0.15, -0.1) is 0 Å². The van der Waals surface area contributed by atoms with Crippen LogP contribution in [0.15, 0.2) is 29.4 Å². The van der Waals surface area contributed by atoms with E-state index >= 15 is 0 Å². The summed E-state index contributed by atoms with van der Waals surface area (Å²) in [4.78, 5) is 11.7. The first-order valence-electron chi connectivity index (χ1n) is 6.04. The number of aryl methyl sites for hydroxylation is 1. The van der Waals surface area contributed by atoms with Gasteiger partial charge in [0.25, 0.3) is 5.91 Å². The SMILES string of the molecule is CC(C)=NNC(=O)CN(c1cccc(C)c1)S(C)(=O)=O. The van der Waals surface area contributed by atoms with E-state index in [2.05, 4.69) is 10.5 Å². The first-order chi connectivity index (χ1) is 9.20. The van der Waals surface area contributed by atoms with Crippen LogP contribution in [0.5, 0.6) is 0 Å². The first-order valence-corrected chi connectivity index (χ1v) is 7.89. The molecule has 0 atom stereocenters. The molecule has 0 bridgehead atoms. The van der Waals surface area contributed by atoms with Gasteiger partial charge in [-0.05, 0) is 38.5 Å². The van der Waals surface area contributed by atoms with E-state index in [0.29, 0.717) is 11.4 Å². The van der Waals surface area contributed by atoms with Crippen molar-refractivity contribution in [2.24, 2.45) is 5.10 Å². The average molecular weight is 297 g/mol. The second-order valence-corrected chi connectivity index (χ2v) is 6.61. The molecule has 0 aliphatic rings. The highest BCUT2D eigenvalue weighted by molar-refractivity contribution is 7.92. The molecule has 0 aromatic heterocycles. The molecule has 0 saturated heterocycles. The van der Waals surface area contributed by atoms with Crippen molar-refractivity contribution in [3.8, 4) is 0 Å². The van der Waals surface area contributed by atoms with Crippen molar-refractivity contribution in [2.45, 2.75) is 20.8 Å². The molecule has 1 aromatic carbocycles. The molecule has 1 aromatic rings. The summed E-state index contributed by atoms with van der Waals surface area (Å²) in [6, 6.07) is 6.96. The zero-order chi connectivity index (χ0) is 15.3. The lowest BCUT2D eigenvalue weighted by Gasteiger charge is -2.21. The molecule has 1 N–H and O–H groups in total. The molecule has 7 heteroatoms. The smallest absolute Gasteiger partial charge is 0.260 e. The van der Waals surface area contributed by atoms with Gasteiger partial charge >= 0.3 is 0 Å². The van der Waals surface area contributed by atoms with Crippen LogP contribution in [0.3, 0.4) is 0 Å². The zero-order valence-electron chi connectivity index (χ0n) is 12.0. The third-order valence-electron chi connectivity index (χ3n) is 2.38. The molecule has 6 nitrogen and oxygen atoms in total. The molecule has 0 radical (unpaired) electrons. The van der Waals surface area contributed by atoms with Crippen molar-refractivity contribution in [3.63, 3.8) is 0 Å². The van der Waals surface area contributed by atoms with E-state index in [0.717, 1.165) is 16.1 Å². The van der Waals surface area contributed by atoms with E-state index in [1.165, 1.54) is 0 Å². The van der Waals surface area contributed by atoms with Gasteiger partial charge < -0.3 is 0 Å². The van der Waals surface area contributed by atoms with E-state index < -0.39 is 15.9 Å². The molecule has 20 heavy (non-hydrogen) atoms. The number of anilines is 1. The van der Waals surface area contributed by atoms with Gasteiger partial charge in [-0.3, -0.25) is 9.10 Å². The molecule has 0 aliphatic carbocycles. The maximum Gasteiger partial charge on any atom is 0.260 e. The molecule has 0 spiro atoms. The van der Waals surface area contributed by atoms with E-state index in [1.54, 1.807) is 32.0 Å². The summed E-state index contributed by atoms with van der Waals surface area (Å²) in [6.07, 6.45) is 1.07. The van der Waals surface area contributed by atoms with Crippen molar-refractivity contribution < 1.29 is 13.2 Å². The van der Waals surface area contributed by atoms with Gasteiger partial charge in [0.05, 0.1) is 11.9 Å². The normalized spacial score (nSPS) is 10.8. The van der Waals surface area contributed by atoms with Crippen LogP contribution in [0.2, 0.25) is 0 Å². The number of hydrazone groups is 1. The predicted octanol–water partition coefficient (Wildman–Crippen LogP) is 1.27. The van der Waals surface area contributed by atoms with Crippen LogP contribution in [0.4, 0.5) is 5.69 Å². The summed E-state index contributed by atoms with van der Waals surface area (Å²) in [5, 5.41) is 3.77. The predicted molar refractivity (Wildman–Crippen MR) is 80.3 cm³/mol. The second kappa shape index (κ2) is 6.51. The van der Waals surface area contributed by atoms with Crippen LogP contribution >= 0.6 is 0 Å². The molecule has 0 heterocycles. The highest BCUT2D eigenvalue weighted by Gasteiger charge is 2.20. The largest absolute Gasteiger partial charge is 0.271 e. The molecule has 0 unspecified atom stereocenters. The Balaban J connectivity index is 2.98. The van der Waals surface area contributed by atoms with Crippen LogP contribution < -0.4 is 9.73 Å². The number of nitrogens with one attached hydrogen (secondary N) is 1. The summed E-state index contributed by atoms with van der Waals surface area (Å²) in [5.41, 5.74) is 4.37. The number of sulfonamides is 1. The number of hydrogen-bond donors (Lipinski definition) is 1. The minimum Gasteiger partial charge on any atom is -0.271 e. The fourth-order valence-corrected chi connectivity index (χ4v) is 2.37. The third kappa shape index (κ3) is 5.00. The van der Waals surface area contributed by atoms with Gasteiger partial charge in [0, 0.05) is 5.71 Å². The average Bonchev–Trinajstić information content (AvgIpc) is 2.32. The lowest BCUT2D eigenvalue weighted by molar-refractivity contribution is -0.119. The maximum atomic E-state index is 11.8. The van der Waals surface area contributed by atoms with Gasteiger partial charge in [-0.1, -0.05) is 12.1 Å². The number of benzene rings is 1. The lowest BCUT2D eigenvalue weighted by Crippen LogP contribution is -2.39. The van der Waals surface area contributed by atoms with Gasteiger partial charge in [0.1, 0.15) is 6.54 Å². The van der Waals surface area contributed by atoms with Gasteiger partial charge in [0.2, 0.25) is 10.0 Å². The van der Waals surface area contributed by atoms with Crippen molar-refractivity contribution in [3.05, 3.63) is 29.8 Å². The van der Waals surface area contributed by atoms with E-state index in [9.17, 15) is 13.2 Å². The standard InChI is InChI=1S/C13H19N3O3S/c1-10(2)14-15-13(17)9-16(20(4,18)19)12-7-5-6-11(3)8-12/h5-8H,9H2,1-4H3,(H,15,17). The summed E-state index contributed by atoms with van der Waals surface area (Å²) >= 11 is 0. The Morgan fingerprint density at radius 2 is 2.00 bits per heavy atom. The Labute approximate surface area is 119 Å². The Kier molecular flexibility index (Phi) is 5.26. The van der Waals surface area contributed by atoms with E-state index in [1.807, 2.05) is 13.0 Å². The molecular weight excluding hydrogens is 278 g/mol. The second-order valence-electron chi connectivity index (χ2n) is 4.70. The summed E-state index contributed by atoms with van der Waals surface area (Å²) in [7, 11) is -3.54. The molecule has 0 saturated carbocycles. The van der Waals surface area contributed by atoms with Crippen LogP contribution in [0, 0.1) is 6.92 Å². The van der Waals surface area contributed by atoms with Crippen molar-refractivity contribution >= 4 is 27.3 Å². The van der Waals surface area contributed by atoms with Gasteiger partial charge in [0.15, 0.2) is 0 Å². The number of carbonyl (C=O) groups is 1. The molecular formula is C13H19N3O3S. The number of carbonyl (C=O) groups excluding carboxylic acids is 1. The van der Waals surface area contributed by atoms with Crippen molar-refractivity contribution in [2.75, 3.05) is 17.1 Å². The van der Waals surface area contributed by atoms with Gasteiger partial charge in [-0.25, -0.2) is 13.8 Å². The first kappa shape index (κ1) is 16.2. The Morgan fingerprint density at radius 1 is 1.35 bits per heavy atom. The third-order valence-corrected chi connectivity index (χ3v) is 3.52. The molecule has 1 rings (SSSR count). The van der Waals surface area contributed by atoms with E-state index in [4.69, 9.17) is 0 Å². The quantitative estimate of drug-likeness (QED) is 0.656. The molecule has 1 amide bonds. The number of hydrogen-bond acceptors (Lipinski definition) is 4. The van der Waals surface area contributed by atoms with Crippen molar-refractivity contribution in [1.29, 1.82) is 0 Å². The van der Waals surface area contributed by atoms with Crippen molar-refractivity contribution in [1.82, 2.24) is 5.43 Å². The topological polar surface area (TPSA) is 78.8 Å². The molecule has 0 aliphatic heterocycles. The minimum absolute atomic E-state index is 0.306. The molecule has 110 valence electrons. The Morgan fingerprint density at radius 3 is 2.50 bits per heavy atom. The maximum absolute atomic E-state index is 11.8. The Hall–Kier alpha value is -1.89. The summed E-state index contributed by atoms with van der Waals surface area (Å²) < 4.78 is 24.7. The Bertz CT molecular complexity index is 620. The number of rotatable bonds is 5. The minimum atomic E-state index is -3.54.